The van der Waals surface area contributed by atoms with Crippen molar-refractivity contribution in [2.75, 3.05) is 26.4 Å². The van der Waals surface area contributed by atoms with E-state index in [2.05, 4.69) is 70.4 Å². The van der Waals surface area contributed by atoms with Gasteiger partial charge in [-0.1, -0.05) is 90.4 Å². The summed E-state index contributed by atoms with van der Waals surface area (Å²) in [4.78, 5) is 0. The van der Waals surface area contributed by atoms with Crippen molar-refractivity contribution in [3.63, 3.8) is 0 Å². The lowest BCUT2D eigenvalue weighted by Gasteiger charge is -2.16. The molecule has 0 atom stereocenters. The molecule has 0 aromatic heterocycles. The van der Waals surface area contributed by atoms with E-state index in [0.29, 0.717) is 26.4 Å². The zero-order chi connectivity index (χ0) is 31.1. The van der Waals surface area contributed by atoms with Crippen LogP contribution in [0.25, 0.3) is 11.1 Å². The molecule has 4 nitrogen and oxygen atoms in total. The minimum atomic E-state index is 0.650. The van der Waals surface area contributed by atoms with Gasteiger partial charge >= 0.3 is 0 Å². The molecule has 0 aliphatic heterocycles. The predicted octanol–water partition coefficient (Wildman–Crippen LogP) is 10.2. The smallest absolute Gasteiger partial charge is 0.162 e. The summed E-state index contributed by atoms with van der Waals surface area (Å²) in [7, 11) is 0. The van der Waals surface area contributed by atoms with Gasteiger partial charge in [-0.25, -0.2) is 0 Å². The zero-order valence-corrected chi connectivity index (χ0v) is 27.6. The molecule has 0 saturated heterocycles. The molecule has 0 amide bonds. The van der Waals surface area contributed by atoms with E-state index < -0.39 is 0 Å². The first kappa shape index (κ1) is 33.1. The van der Waals surface area contributed by atoms with Gasteiger partial charge in [0.25, 0.3) is 0 Å². The highest BCUT2D eigenvalue weighted by molar-refractivity contribution is 6.05. The quantitative estimate of drug-likeness (QED) is 0.120. The van der Waals surface area contributed by atoms with E-state index >= 15 is 0 Å². The Hall–Kier alpha value is -3.76. The van der Waals surface area contributed by atoms with E-state index in [1.54, 1.807) is 0 Å². The lowest BCUT2D eigenvalue weighted by molar-refractivity contribution is 0.262. The predicted molar refractivity (Wildman–Crippen MR) is 183 cm³/mol. The van der Waals surface area contributed by atoms with Gasteiger partial charge in [-0.2, -0.15) is 0 Å². The van der Waals surface area contributed by atoms with Crippen molar-refractivity contribution in [1.29, 1.82) is 0 Å². The van der Waals surface area contributed by atoms with Crippen LogP contribution in [0.15, 0.2) is 35.9 Å². The van der Waals surface area contributed by atoms with Gasteiger partial charge in [-0.05, 0) is 73.4 Å². The highest BCUT2D eigenvalue weighted by atomic mass is 16.5. The lowest BCUT2D eigenvalue weighted by Crippen LogP contribution is -2.03. The first-order chi connectivity index (χ1) is 21.6. The maximum Gasteiger partial charge on any atom is 0.162 e. The molecule has 0 spiro atoms. The van der Waals surface area contributed by atoms with Crippen molar-refractivity contribution >= 4 is 11.1 Å². The van der Waals surface area contributed by atoms with Gasteiger partial charge in [-0.3, -0.25) is 0 Å². The minimum Gasteiger partial charge on any atom is -0.490 e. The Bertz CT molecular complexity index is 1450. The Balaban J connectivity index is 1.81. The van der Waals surface area contributed by atoms with Gasteiger partial charge in [0.1, 0.15) is 0 Å². The second kappa shape index (κ2) is 17.5. The molecule has 0 bridgehead atoms. The summed E-state index contributed by atoms with van der Waals surface area (Å²) in [5, 5.41) is 0. The Morgan fingerprint density at radius 2 is 0.955 bits per heavy atom. The van der Waals surface area contributed by atoms with Crippen molar-refractivity contribution in [2.24, 2.45) is 0 Å². The van der Waals surface area contributed by atoms with Gasteiger partial charge in [0.15, 0.2) is 23.0 Å². The molecule has 44 heavy (non-hydrogen) atoms. The molecule has 4 heteroatoms. The maximum absolute atomic E-state index is 6.30. The molecule has 0 fully saturated rings. The molecule has 2 aliphatic carbocycles. The van der Waals surface area contributed by atoms with E-state index in [9.17, 15) is 0 Å². The third-order valence-electron chi connectivity index (χ3n) is 7.90. The van der Waals surface area contributed by atoms with Crippen LogP contribution in [0.3, 0.4) is 0 Å². The fraction of sp³-hybridized carbons (Fsp3) is 0.500. The second-order valence-corrected chi connectivity index (χ2v) is 11.5. The van der Waals surface area contributed by atoms with Crippen LogP contribution in [0.2, 0.25) is 0 Å². The van der Waals surface area contributed by atoms with Crippen LogP contribution in [0.5, 0.6) is 23.0 Å². The van der Waals surface area contributed by atoms with Gasteiger partial charge in [-0.15, -0.1) is 0 Å². The average molecular weight is 595 g/mol. The number of allylic oxidation sites excluding steroid dienone is 4. The molecule has 0 saturated carbocycles. The summed E-state index contributed by atoms with van der Waals surface area (Å²) in [6.45, 7) is 13.6. The molecule has 2 aliphatic rings. The number of fused-ring (bicyclic) bond motifs is 4. The molecule has 2 aromatic rings. The van der Waals surface area contributed by atoms with Crippen molar-refractivity contribution < 1.29 is 18.9 Å². The van der Waals surface area contributed by atoms with Crippen molar-refractivity contribution in [2.45, 2.75) is 105 Å². The lowest BCUT2D eigenvalue weighted by atomic mass is 9.99. The summed E-state index contributed by atoms with van der Waals surface area (Å²) in [5.74, 6) is 17.0. The fourth-order valence-electron chi connectivity index (χ4n) is 5.21. The van der Waals surface area contributed by atoms with E-state index in [-0.39, 0.29) is 0 Å². The van der Waals surface area contributed by atoms with Crippen LogP contribution in [-0.4, -0.2) is 26.4 Å². The monoisotopic (exact) mass is 594 g/mol. The van der Waals surface area contributed by atoms with Crippen molar-refractivity contribution in [1.82, 2.24) is 0 Å². The summed E-state index contributed by atoms with van der Waals surface area (Å²) < 4.78 is 25.0. The number of hydrogen-bond donors (Lipinski definition) is 0. The number of hydrogen-bond acceptors (Lipinski definition) is 4. The van der Waals surface area contributed by atoms with Gasteiger partial charge in [0, 0.05) is 34.4 Å². The van der Waals surface area contributed by atoms with Gasteiger partial charge < -0.3 is 18.9 Å². The van der Waals surface area contributed by atoms with Crippen LogP contribution < -0.4 is 18.9 Å². The summed E-state index contributed by atoms with van der Waals surface area (Å²) in [6, 6.07) is 8.37. The first-order valence-corrected chi connectivity index (χ1v) is 17.0. The molecular formula is C40H50O4. The van der Waals surface area contributed by atoms with E-state index in [1.165, 1.54) is 11.1 Å². The Morgan fingerprint density at radius 3 is 1.45 bits per heavy atom. The highest BCUT2D eigenvalue weighted by Gasteiger charge is 2.28. The zero-order valence-electron chi connectivity index (χ0n) is 27.6. The molecule has 4 rings (SSSR count). The minimum absolute atomic E-state index is 0.650. The van der Waals surface area contributed by atoms with Crippen molar-refractivity contribution in [3.8, 4) is 46.7 Å². The normalized spacial score (nSPS) is 13.9. The Kier molecular flexibility index (Phi) is 13.2. The number of rotatable bonds is 19. The maximum atomic E-state index is 6.30. The molecule has 0 N–H and O–H groups in total. The van der Waals surface area contributed by atoms with E-state index in [4.69, 9.17) is 18.9 Å². The largest absolute Gasteiger partial charge is 0.490 e. The fourth-order valence-corrected chi connectivity index (χ4v) is 5.21. The first-order valence-electron chi connectivity index (χ1n) is 17.0. The van der Waals surface area contributed by atoms with E-state index in [1.807, 2.05) is 18.2 Å². The summed E-state index contributed by atoms with van der Waals surface area (Å²) in [6.07, 6.45) is 13.5. The van der Waals surface area contributed by atoms with Gasteiger partial charge in [0.05, 0.1) is 26.4 Å². The topological polar surface area (TPSA) is 36.9 Å². The number of benzene rings is 2. The van der Waals surface area contributed by atoms with E-state index in [0.717, 1.165) is 121 Å². The SMILES string of the molecule is CCCCOc1cc2c(cc1OCCCC)C#CC1=C(CCCC)c3cc(OCCCC)c(OCCCC)cc3/C1=C/C#C2. The third-order valence-corrected chi connectivity index (χ3v) is 7.90. The third kappa shape index (κ3) is 8.45. The average Bonchev–Trinajstić information content (AvgIpc) is 3.34. The Labute approximate surface area is 266 Å². The van der Waals surface area contributed by atoms with Crippen LogP contribution in [-0.2, 0) is 0 Å². The standard InChI is InChI=1S/C40H50O4/c1-6-11-18-32-34-21-20-31-27-38(42-23-13-8-3)37(41-22-12-7-2)26-30(31)17-16-19-33(34)36-29-40(44-25-15-10-5)39(28-35(32)36)43-24-14-9-4/h19,26-29H,6-15,18,22-25H2,1-5H3/b33-19+. The van der Waals surface area contributed by atoms with Gasteiger partial charge in [0.2, 0.25) is 0 Å². The molecule has 0 radical (unpaired) electrons. The molecule has 2 aromatic carbocycles. The number of unbranched alkanes of at least 4 members (excludes halogenated alkanes) is 5. The van der Waals surface area contributed by atoms with Crippen LogP contribution in [0, 0.1) is 23.7 Å². The summed E-state index contributed by atoms with van der Waals surface area (Å²) in [5.41, 5.74) is 7.44. The van der Waals surface area contributed by atoms with Crippen LogP contribution in [0.4, 0.5) is 0 Å². The Morgan fingerprint density at radius 1 is 0.500 bits per heavy atom. The van der Waals surface area contributed by atoms with Crippen LogP contribution >= 0.6 is 0 Å². The molecular weight excluding hydrogens is 544 g/mol. The molecule has 234 valence electrons. The second-order valence-electron chi connectivity index (χ2n) is 11.5. The molecule has 0 heterocycles. The van der Waals surface area contributed by atoms with Crippen LogP contribution in [0.1, 0.15) is 128 Å². The highest BCUT2D eigenvalue weighted by Crippen LogP contribution is 2.48. The summed E-state index contributed by atoms with van der Waals surface area (Å²) >= 11 is 0. The number of ether oxygens (including phenoxy) is 4. The van der Waals surface area contributed by atoms with Crippen molar-refractivity contribution in [3.05, 3.63) is 58.2 Å². The molecule has 0 unspecified atom stereocenters.